The molecular formula is C16H26N2O2. The maximum absolute atomic E-state index is 11.8. The minimum absolute atomic E-state index is 0.0524. The van der Waals surface area contributed by atoms with Crippen molar-refractivity contribution in [3.8, 4) is 5.75 Å². The summed E-state index contributed by atoms with van der Waals surface area (Å²) in [6, 6.07) is 6.13. The molecule has 0 radical (unpaired) electrons. The van der Waals surface area contributed by atoms with E-state index in [9.17, 15) is 4.79 Å². The van der Waals surface area contributed by atoms with Gasteiger partial charge in [-0.15, -0.1) is 0 Å². The Balaban J connectivity index is 2.59. The van der Waals surface area contributed by atoms with Crippen LogP contribution < -0.4 is 15.4 Å². The van der Waals surface area contributed by atoms with E-state index in [1.165, 1.54) is 5.56 Å². The van der Waals surface area contributed by atoms with Crippen LogP contribution in [0.1, 0.15) is 31.9 Å². The summed E-state index contributed by atoms with van der Waals surface area (Å²) in [6.07, 6.45) is 0. The van der Waals surface area contributed by atoms with E-state index >= 15 is 0 Å². The predicted octanol–water partition coefficient (Wildman–Crippen LogP) is 2.25. The highest BCUT2D eigenvalue weighted by atomic mass is 16.5. The number of ether oxygens (including phenoxy) is 1. The maximum atomic E-state index is 11.8. The first-order valence-electron chi connectivity index (χ1n) is 7.10. The summed E-state index contributed by atoms with van der Waals surface area (Å²) < 4.78 is 5.64. The van der Waals surface area contributed by atoms with E-state index in [-0.39, 0.29) is 18.6 Å². The minimum Gasteiger partial charge on any atom is -0.483 e. The number of hydrogen-bond donors (Lipinski definition) is 2. The number of rotatable bonds is 7. The van der Waals surface area contributed by atoms with Gasteiger partial charge in [-0.3, -0.25) is 4.79 Å². The quantitative estimate of drug-likeness (QED) is 0.804. The van der Waals surface area contributed by atoms with E-state index in [0.29, 0.717) is 5.92 Å². The number of carbonyl (C=O) groups excluding carboxylic acids is 1. The molecule has 0 aromatic heterocycles. The Morgan fingerprint density at radius 1 is 1.30 bits per heavy atom. The fourth-order valence-corrected chi connectivity index (χ4v) is 1.78. The molecule has 4 nitrogen and oxygen atoms in total. The average molecular weight is 278 g/mol. The largest absolute Gasteiger partial charge is 0.483 e. The molecule has 112 valence electrons. The molecule has 1 aromatic rings. The summed E-state index contributed by atoms with van der Waals surface area (Å²) in [5, 5.41) is 6.04. The van der Waals surface area contributed by atoms with Crippen molar-refractivity contribution in [2.24, 2.45) is 5.92 Å². The third-order valence-corrected chi connectivity index (χ3v) is 3.33. The Morgan fingerprint density at radius 3 is 2.60 bits per heavy atom. The van der Waals surface area contributed by atoms with Crippen LogP contribution in [0.3, 0.4) is 0 Å². The van der Waals surface area contributed by atoms with Gasteiger partial charge < -0.3 is 15.4 Å². The van der Waals surface area contributed by atoms with Gasteiger partial charge in [-0.1, -0.05) is 31.5 Å². The average Bonchev–Trinajstić information content (AvgIpc) is 2.38. The maximum Gasteiger partial charge on any atom is 0.258 e. The second-order valence-corrected chi connectivity index (χ2v) is 5.53. The Morgan fingerprint density at radius 2 is 2.00 bits per heavy atom. The summed E-state index contributed by atoms with van der Waals surface area (Å²) in [5.74, 6) is 1.10. The molecule has 0 aliphatic rings. The fraction of sp³-hybridized carbons (Fsp3) is 0.562. The van der Waals surface area contributed by atoms with E-state index in [4.69, 9.17) is 4.74 Å². The highest BCUT2D eigenvalue weighted by molar-refractivity contribution is 5.77. The van der Waals surface area contributed by atoms with E-state index in [2.05, 4.69) is 30.5 Å². The number of carbonyl (C=O) groups is 1. The summed E-state index contributed by atoms with van der Waals surface area (Å²) in [7, 11) is 1.89. The summed E-state index contributed by atoms with van der Waals surface area (Å²) >= 11 is 0. The van der Waals surface area contributed by atoms with Crippen molar-refractivity contribution in [3.63, 3.8) is 0 Å². The monoisotopic (exact) mass is 278 g/mol. The molecule has 1 aromatic carbocycles. The van der Waals surface area contributed by atoms with Gasteiger partial charge in [-0.25, -0.2) is 0 Å². The molecule has 0 fully saturated rings. The minimum atomic E-state index is -0.0813. The van der Waals surface area contributed by atoms with Crippen molar-refractivity contribution in [1.29, 1.82) is 0 Å². The summed E-state index contributed by atoms with van der Waals surface area (Å²) in [4.78, 5) is 11.8. The predicted molar refractivity (Wildman–Crippen MR) is 81.9 cm³/mol. The lowest BCUT2D eigenvalue weighted by Crippen LogP contribution is -2.39. The second kappa shape index (κ2) is 7.90. The highest BCUT2D eigenvalue weighted by Crippen LogP contribution is 2.19. The molecule has 0 bridgehead atoms. The first-order chi connectivity index (χ1) is 9.43. The Kier molecular flexibility index (Phi) is 6.52. The Labute approximate surface area is 121 Å². The molecule has 0 heterocycles. The van der Waals surface area contributed by atoms with Crippen LogP contribution in [0.4, 0.5) is 0 Å². The van der Waals surface area contributed by atoms with E-state index in [0.717, 1.165) is 17.9 Å². The SMILES string of the molecule is CNCc1cc(C)ccc1OCC(=O)NC(C)C(C)C. The lowest BCUT2D eigenvalue weighted by molar-refractivity contribution is -0.124. The van der Waals surface area contributed by atoms with Crippen LogP contribution in [0.5, 0.6) is 5.75 Å². The van der Waals surface area contributed by atoms with E-state index < -0.39 is 0 Å². The zero-order valence-corrected chi connectivity index (χ0v) is 13.1. The number of amides is 1. The van der Waals surface area contributed by atoms with Gasteiger partial charge in [0.2, 0.25) is 0 Å². The molecule has 0 aliphatic heterocycles. The van der Waals surface area contributed by atoms with Crippen molar-refractivity contribution in [1.82, 2.24) is 10.6 Å². The first kappa shape index (κ1) is 16.5. The van der Waals surface area contributed by atoms with Gasteiger partial charge in [0.1, 0.15) is 5.75 Å². The van der Waals surface area contributed by atoms with Crippen LogP contribution in [0.15, 0.2) is 18.2 Å². The van der Waals surface area contributed by atoms with Crippen molar-refractivity contribution >= 4 is 5.91 Å². The number of nitrogens with one attached hydrogen (secondary N) is 2. The Bertz CT molecular complexity index is 444. The molecule has 20 heavy (non-hydrogen) atoms. The summed E-state index contributed by atoms with van der Waals surface area (Å²) in [5.41, 5.74) is 2.25. The lowest BCUT2D eigenvalue weighted by Gasteiger charge is -2.18. The number of hydrogen-bond acceptors (Lipinski definition) is 3. The molecular weight excluding hydrogens is 252 g/mol. The second-order valence-electron chi connectivity index (χ2n) is 5.53. The molecule has 1 atom stereocenters. The molecule has 0 saturated heterocycles. The van der Waals surface area contributed by atoms with Crippen molar-refractivity contribution in [2.75, 3.05) is 13.7 Å². The molecule has 0 aliphatic carbocycles. The smallest absolute Gasteiger partial charge is 0.258 e. The fourth-order valence-electron chi connectivity index (χ4n) is 1.78. The van der Waals surface area contributed by atoms with Gasteiger partial charge in [0, 0.05) is 18.2 Å². The van der Waals surface area contributed by atoms with Crippen LogP contribution in [0, 0.1) is 12.8 Å². The molecule has 1 unspecified atom stereocenters. The molecule has 2 N–H and O–H groups in total. The zero-order chi connectivity index (χ0) is 15.1. The van der Waals surface area contributed by atoms with Crippen LogP contribution in [-0.2, 0) is 11.3 Å². The highest BCUT2D eigenvalue weighted by Gasteiger charge is 2.12. The van der Waals surface area contributed by atoms with Crippen LogP contribution in [-0.4, -0.2) is 25.6 Å². The third kappa shape index (κ3) is 5.21. The normalized spacial score (nSPS) is 12.3. The van der Waals surface area contributed by atoms with Crippen LogP contribution in [0.2, 0.25) is 0 Å². The molecule has 1 rings (SSSR count). The van der Waals surface area contributed by atoms with Gasteiger partial charge in [-0.2, -0.15) is 0 Å². The summed E-state index contributed by atoms with van der Waals surface area (Å²) in [6.45, 7) is 8.98. The van der Waals surface area contributed by atoms with Gasteiger partial charge in [0.25, 0.3) is 5.91 Å². The van der Waals surface area contributed by atoms with Crippen molar-refractivity contribution in [3.05, 3.63) is 29.3 Å². The Hall–Kier alpha value is -1.55. The molecule has 4 heteroatoms. The van der Waals surface area contributed by atoms with Crippen molar-refractivity contribution in [2.45, 2.75) is 40.3 Å². The van der Waals surface area contributed by atoms with Crippen LogP contribution in [0.25, 0.3) is 0 Å². The molecule has 1 amide bonds. The zero-order valence-electron chi connectivity index (χ0n) is 13.1. The lowest BCUT2D eigenvalue weighted by atomic mass is 10.1. The number of benzene rings is 1. The standard InChI is InChI=1S/C16H26N2O2/c1-11(2)13(4)18-16(19)10-20-15-7-6-12(3)8-14(15)9-17-5/h6-8,11,13,17H,9-10H2,1-5H3,(H,18,19). The molecule has 0 saturated carbocycles. The van der Waals surface area contributed by atoms with E-state index in [1.807, 2.05) is 33.0 Å². The third-order valence-electron chi connectivity index (χ3n) is 3.33. The van der Waals surface area contributed by atoms with E-state index in [1.54, 1.807) is 0 Å². The number of aryl methyl sites for hydroxylation is 1. The van der Waals surface area contributed by atoms with Gasteiger partial charge in [0.15, 0.2) is 6.61 Å². The van der Waals surface area contributed by atoms with Crippen LogP contribution >= 0.6 is 0 Å². The molecule has 0 spiro atoms. The van der Waals surface area contributed by atoms with Crippen molar-refractivity contribution < 1.29 is 9.53 Å². The van der Waals surface area contributed by atoms with Gasteiger partial charge >= 0.3 is 0 Å². The first-order valence-corrected chi connectivity index (χ1v) is 7.10. The van der Waals surface area contributed by atoms with Gasteiger partial charge in [-0.05, 0) is 32.9 Å². The topological polar surface area (TPSA) is 50.4 Å². The van der Waals surface area contributed by atoms with Gasteiger partial charge in [0.05, 0.1) is 0 Å².